The molecule has 1 aromatic rings. The molecule has 1 rings (SSSR count). The van der Waals surface area contributed by atoms with Crippen molar-refractivity contribution in [1.82, 2.24) is 5.32 Å². The molecule has 0 spiro atoms. The van der Waals surface area contributed by atoms with Crippen molar-refractivity contribution in [3.8, 4) is 0 Å². The maximum Gasteiger partial charge on any atom is 0.0898 e. The topological polar surface area (TPSA) is 41.5 Å². The summed E-state index contributed by atoms with van der Waals surface area (Å²) in [6.45, 7) is 7.34. The highest BCUT2D eigenvalue weighted by Gasteiger charge is 2.11. The van der Waals surface area contributed by atoms with Crippen LogP contribution in [0.3, 0.4) is 0 Å². The van der Waals surface area contributed by atoms with E-state index in [0.29, 0.717) is 19.2 Å². The summed E-state index contributed by atoms with van der Waals surface area (Å²) in [6, 6.07) is 10.6. The van der Waals surface area contributed by atoms with Crippen LogP contribution in [-0.4, -0.2) is 30.4 Å². The molecule has 0 aliphatic heterocycles. The van der Waals surface area contributed by atoms with Crippen molar-refractivity contribution < 1.29 is 9.84 Å². The van der Waals surface area contributed by atoms with E-state index in [2.05, 4.69) is 19.2 Å². The summed E-state index contributed by atoms with van der Waals surface area (Å²) < 4.78 is 5.73. The van der Waals surface area contributed by atoms with Gasteiger partial charge in [-0.3, -0.25) is 0 Å². The molecule has 0 radical (unpaired) electrons. The van der Waals surface area contributed by atoms with E-state index in [0.717, 1.165) is 18.4 Å². The lowest BCUT2D eigenvalue weighted by molar-refractivity contribution is -0.00302. The fourth-order valence-corrected chi connectivity index (χ4v) is 2.24. The first-order chi connectivity index (χ1) is 9.67. The summed E-state index contributed by atoms with van der Waals surface area (Å²) in [5.74, 6) is 0. The smallest absolute Gasteiger partial charge is 0.0898 e. The molecule has 3 nitrogen and oxygen atoms in total. The zero-order valence-corrected chi connectivity index (χ0v) is 13.0. The fourth-order valence-electron chi connectivity index (χ4n) is 2.24. The van der Waals surface area contributed by atoms with E-state index in [1.54, 1.807) is 0 Å². The van der Waals surface area contributed by atoms with Gasteiger partial charge in [0.15, 0.2) is 0 Å². The van der Waals surface area contributed by atoms with Gasteiger partial charge in [-0.1, -0.05) is 50.6 Å². The van der Waals surface area contributed by atoms with Crippen molar-refractivity contribution in [3.05, 3.63) is 35.9 Å². The van der Waals surface area contributed by atoms with Crippen LogP contribution >= 0.6 is 0 Å². The van der Waals surface area contributed by atoms with E-state index >= 15 is 0 Å². The first-order valence-corrected chi connectivity index (χ1v) is 7.75. The van der Waals surface area contributed by atoms with Gasteiger partial charge in [0.1, 0.15) is 0 Å². The average molecular weight is 279 g/mol. The number of aliphatic hydroxyl groups is 1. The maximum absolute atomic E-state index is 9.97. The summed E-state index contributed by atoms with van der Waals surface area (Å²) >= 11 is 0. The number of aliphatic hydroxyl groups excluding tert-OH is 1. The van der Waals surface area contributed by atoms with Crippen LogP contribution < -0.4 is 5.32 Å². The lowest BCUT2D eigenvalue weighted by atomic mass is 10.1. The lowest BCUT2D eigenvalue weighted by Gasteiger charge is -2.20. The SMILES string of the molecule is CCCC(CC)NCC(O)COC(C)c1ccccc1. The zero-order chi connectivity index (χ0) is 14.8. The van der Waals surface area contributed by atoms with Gasteiger partial charge < -0.3 is 15.2 Å². The van der Waals surface area contributed by atoms with Gasteiger partial charge in [0.05, 0.1) is 18.8 Å². The molecule has 20 heavy (non-hydrogen) atoms. The molecule has 3 heteroatoms. The minimum atomic E-state index is -0.452. The van der Waals surface area contributed by atoms with Crippen LogP contribution in [0.1, 0.15) is 51.7 Å². The molecule has 0 aliphatic carbocycles. The number of hydrogen-bond donors (Lipinski definition) is 2. The number of hydrogen-bond acceptors (Lipinski definition) is 3. The Labute approximate surface area is 123 Å². The van der Waals surface area contributed by atoms with Gasteiger partial charge in [0.25, 0.3) is 0 Å². The second-order valence-corrected chi connectivity index (χ2v) is 5.34. The van der Waals surface area contributed by atoms with Crippen LogP contribution in [0.25, 0.3) is 0 Å². The standard InChI is InChI=1S/C17H29NO2/c1-4-9-16(5-2)18-12-17(19)13-20-14(3)15-10-7-6-8-11-15/h6-8,10-11,14,16-19H,4-5,9,12-13H2,1-3H3. The monoisotopic (exact) mass is 279 g/mol. The molecule has 0 fully saturated rings. The fraction of sp³-hybridized carbons (Fsp3) is 0.647. The van der Waals surface area contributed by atoms with E-state index in [4.69, 9.17) is 4.74 Å². The van der Waals surface area contributed by atoms with Crippen LogP contribution in [0.2, 0.25) is 0 Å². The van der Waals surface area contributed by atoms with Crippen LogP contribution in [0.4, 0.5) is 0 Å². The Morgan fingerprint density at radius 1 is 1.20 bits per heavy atom. The summed E-state index contributed by atoms with van der Waals surface area (Å²) in [5, 5.41) is 13.4. The highest BCUT2D eigenvalue weighted by atomic mass is 16.5. The number of ether oxygens (including phenoxy) is 1. The predicted octanol–water partition coefficient (Wildman–Crippen LogP) is 3.29. The van der Waals surface area contributed by atoms with Crippen molar-refractivity contribution in [3.63, 3.8) is 0 Å². The maximum atomic E-state index is 9.97. The third-order valence-corrected chi connectivity index (χ3v) is 3.58. The molecule has 1 aromatic carbocycles. The number of benzene rings is 1. The molecule has 2 N–H and O–H groups in total. The molecule has 114 valence electrons. The van der Waals surface area contributed by atoms with E-state index in [1.807, 2.05) is 37.3 Å². The van der Waals surface area contributed by atoms with Gasteiger partial charge >= 0.3 is 0 Å². The molecule has 3 unspecified atom stereocenters. The van der Waals surface area contributed by atoms with Gasteiger partial charge in [0.2, 0.25) is 0 Å². The van der Waals surface area contributed by atoms with Gasteiger partial charge in [0, 0.05) is 12.6 Å². The van der Waals surface area contributed by atoms with Gasteiger partial charge in [-0.2, -0.15) is 0 Å². The molecule has 0 bridgehead atoms. The van der Waals surface area contributed by atoms with E-state index < -0.39 is 6.10 Å². The van der Waals surface area contributed by atoms with Crippen LogP contribution in [-0.2, 0) is 4.74 Å². The Bertz CT molecular complexity index is 342. The molecule has 0 saturated carbocycles. The van der Waals surface area contributed by atoms with E-state index in [1.165, 1.54) is 6.42 Å². The zero-order valence-electron chi connectivity index (χ0n) is 13.0. The predicted molar refractivity (Wildman–Crippen MR) is 83.8 cm³/mol. The van der Waals surface area contributed by atoms with Gasteiger partial charge in [-0.25, -0.2) is 0 Å². The minimum Gasteiger partial charge on any atom is -0.389 e. The summed E-state index contributed by atoms with van der Waals surface area (Å²) in [4.78, 5) is 0. The summed E-state index contributed by atoms with van der Waals surface area (Å²) in [7, 11) is 0. The number of rotatable bonds is 10. The lowest BCUT2D eigenvalue weighted by Crippen LogP contribution is -2.37. The van der Waals surface area contributed by atoms with E-state index in [-0.39, 0.29) is 6.10 Å². The first-order valence-electron chi connectivity index (χ1n) is 7.75. The molecule has 0 heterocycles. The molecule has 0 aliphatic rings. The highest BCUT2D eigenvalue weighted by Crippen LogP contribution is 2.15. The van der Waals surface area contributed by atoms with Crippen molar-refractivity contribution in [1.29, 1.82) is 0 Å². The Balaban J connectivity index is 2.24. The van der Waals surface area contributed by atoms with E-state index in [9.17, 15) is 5.11 Å². The third-order valence-electron chi connectivity index (χ3n) is 3.58. The first kappa shape index (κ1) is 17.2. The third kappa shape index (κ3) is 6.51. The van der Waals surface area contributed by atoms with Crippen molar-refractivity contribution in [2.24, 2.45) is 0 Å². The molecule has 0 saturated heterocycles. The highest BCUT2D eigenvalue weighted by molar-refractivity contribution is 5.16. The van der Waals surface area contributed by atoms with Crippen LogP contribution in [0.5, 0.6) is 0 Å². The minimum absolute atomic E-state index is 0.0171. The molecular formula is C17H29NO2. The largest absolute Gasteiger partial charge is 0.389 e. The quantitative estimate of drug-likeness (QED) is 0.690. The van der Waals surface area contributed by atoms with Gasteiger partial charge in [-0.05, 0) is 25.3 Å². The Kier molecular flexibility index (Phi) is 8.51. The molecule has 0 amide bonds. The Morgan fingerprint density at radius 3 is 2.50 bits per heavy atom. The molecule has 0 aromatic heterocycles. The Hall–Kier alpha value is -0.900. The van der Waals surface area contributed by atoms with Gasteiger partial charge in [-0.15, -0.1) is 0 Å². The average Bonchev–Trinajstić information content (AvgIpc) is 2.49. The molecular weight excluding hydrogens is 250 g/mol. The van der Waals surface area contributed by atoms with Crippen LogP contribution in [0, 0.1) is 0 Å². The second-order valence-electron chi connectivity index (χ2n) is 5.34. The molecule has 3 atom stereocenters. The van der Waals surface area contributed by atoms with Crippen molar-refractivity contribution >= 4 is 0 Å². The second kappa shape index (κ2) is 9.92. The Morgan fingerprint density at radius 2 is 1.90 bits per heavy atom. The summed E-state index contributed by atoms with van der Waals surface area (Å²) in [5.41, 5.74) is 1.14. The van der Waals surface area contributed by atoms with Crippen molar-refractivity contribution in [2.45, 2.75) is 58.3 Å². The normalized spacial score (nSPS) is 15.8. The van der Waals surface area contributed by atoms with Crippen LogP contribution in [0.15, 0.2) is 30.3 Å². The number of nitrogens with one attached hydrogen (secondary N) is 1. The van der Waals surface area contributed by atoms with Crippen molar-refractivity contribution in [2.75, 3.05) is 13.2 Å². The summed E-state index contributed by atoms with van der Waals surface area (Å²) in [6.07, 6.45) is 2.99.